The summed E-state index contributed by atoms with van der Waals surface area (Å²) in [4.78, 5) is 0.328. The van der Waals surface area contributed by atoms with Crippen LogP contribution in [-0.4, -0.2) is 38.5 Å². The van der Waals surface area contributed by atoms with Crippen molar-refractivity contribution in [2.24, 2.45) is 0 Å². The van der Waals surface area contributed by atoms with Crippen molar-refractivity contribution in [2.75, 3.05) is 0 Å². The van der Waals surface area contributed by atoms with Crippen LogP contribution in [-0.2, 0) is 19.9 Å². The van der Waals surface area contributed by atoms with Crippen LogP contribution in [0.1, 0.15) is 25.7 Å². The third kappa shape index (κ3) is 2.85. The Morgan fingerprint density at radius 1 is 0.880 bits per heavy atom. The number of thiophene rings is 1. The minimum absolute atomic E-state index is 0.227. The van der Waals surface area contributed by atoms with E-state index in [0.717, 1.165) is 12.8 Å². The zero-order valence-corrected chi connectivity index (χ0v) is 15.9. The summed E-state index contributed by atoms with van der Waals surface area (Å²) in [6.45, 7) is 0. The Morgan fingerprint density at radius 3 is 2.08 bits per heavy atom. The van der Waals surface area contributed by atoms with Gasteiger partial charge in [-0.25, -0.2) is 16.8 Å². The van der Waals surface area contributed by atoms with E-state index in [2.05, 4.69) is 0 Å². The molecule has 134 valence electrons. The number of hydrogen-bond donors (Lipinski definition) is 0. The zero-order chi connectivity index (χ0) is 17.7. The third-order valence-electron chi connectivity index (χ3n) is 5.16. The molecule has 2 aliphatic rings. The Kier molecular flexibility index (Phi) is 4.26. The van der Waals surface area contributed by atoms with Crippen LogP contribution in [0.2, 0.25) is 0 Å². The summed E-state index contributed by atoms with van der Waals surface area (Å²) >= 11 is 1.21. The van der Waals surface area contributed by atoms with Crippen molar-refractivity contribution in [1.82, 2.24) is 4.31 Å². The molecule has 0 radical (unpaired) electrons. The van der Waals surface area contributed by atoms with Gasteiger partial charge in [0, 0.05) is 12.1 Å². The Morgan fingerprint density at radius 2 is 1.52 bits per heavy atom. The van der Waals surface area contributed by atoms with E-state index in [1.807, 2.05) is 0 Å². The van der Waals surface area contributed by atoms with E-state index < -0.39 is 25.1 Å². The molecule has 2 aromatic rings. The fraction of sp³-hybridized carbons (Fsp3) is 0.412. The lowest BCUT2D eigenvalue weighted by molar-refractivity contribution is 0.249. The molecule has 0 amide bonds. The number of nitrogens with zero attached hydrogens (tertiary/aromatic N) is 1. The standard InChI is InChI=1S/C17H19NO4S3/c19-24(20,15-5-2-1-3-6-15)16-11-13-8-9-14(12-16)18(13)25(21,22)17-7-4-10-23-17/h1-7,10,13-14,16H,8-9,11-12H2/t13-,14-/m1/s1. The van der Waals surface area contributed by atoms with Crippen molar-refractivity contribution in [3.8, 4) is 0 Å². The van der Waals surface area contributed by atoms with Gasteiger partial charge in [0.05, 0.1) is 10.1 Å². The van der Waals surface area contributed by atoms with Crippen LogP contribution in [0.5, 0.6) is 0 Å². The number of hydrogen-bond acceptors (Lipinski definition) is 5. The first-order valence-electron chi connectivity index (χ1n) is 8.26. The van der Waals surface area contributed by atoms with Gasteiger partial charge in [0.25, 0.3) is 10.0 Å². The first-order chi connectivity index (χ1) is 11.9. The molecule has 0 N–H and O–H groups in total. The van der Waals surface area contributed by atoms with Gasteiger partial charge in [-0.15, -0.1) is 11.3 Å². The Hall–Kier alpha value is -1.22. The van der Waals surface area contributed by atoms with Crippen molar-refractivity contribution in [3.63, 3.8) is 0 Å². The van der Waals surface area contributed by atoms with Crippen LogP contribution < -0.4 is 0 Å². The average Bonchev–Trinajstić information content (AvgIpc) is 3.23. The predicted octanol–water partition coefficient (Wildman–Crippen LogP) is 2.91. The maximum Gasteiger partial charge on any atom is 0.253 e. The molecule has 2 saturated heterocycles. The van der Waals surface area contributed by atoms with E-state index in [1.165, 1.54) is 11.3 Å². The topological polar surface area (TPSA) is 71.5 Å². The largest absolute Gasteiger partial charge is 0.253 e. The highest BCUT2D eigenvalue weighted by atomic mass is 32.2. The van der Waals surface area contributed by atoms with E-state index in [0.29, 0.717) is 21.9 Å². The predicted molar refractivity (Wildman–Crippen MR) is 96.8 cm³/mol. The lowest BCUT2D eigenvalue weighted by Gasteiger charge is -2.37. The maximum atomic E-state index is 12.9. The highest BCUT2D eigenvalue weighted by Gasteiger charge is 2.50. The van der Waals surface area contributed by atoms with Gasteiger partial charge in [-0.1, -0.05) is 24.3 Å². The fourth-order valence-corrected chi connectivity index (χ4v) is 8.91. The van der Waals surface area contributed by atoms with E-state index >= 15 is 0 Å². The lowest BCUT2D eigenvalue weighted by Crippen LogP contribution is -2.49. The van der Waals surface area contributed by atoms with Gasteiger partial charge in [0.15, 0.2) is 9.84 Å². The van der Waals surface area contributed by atoms with E-state index in [1.54, 1.807) is 52.1 Å². The number of benzene rings is 1. The number of sulfonamides is 1. The second-order valence-corrected chi connectivity index (χ2v) is 11.8. The molecule has 2 atom stereocenters. The summed E-state index contributed by atoms with van der Waals surface area (Å²) in [5.41, 5.74) is 0. The Bertz CT molecular complexity index is 939. The molecule has 2 bridgehead atoms. The van der Waals surface area contributed by atoms with Gasteiger partial charge < -0.3 is 0 Å². The number of piperidine rings is 1. The van der Waals surface area contributed by atoms with Gasteiger partial charge in [-0.3, -0.25) is 0 Å². The number of rotatable bonds is 4. The van der Waals surface area contributed by atoms with E-state index in [4.69, 9.17) is 0 Å². The van der Waals surface area contributed by atoms with Crippen LogP contribution in [0.25, 0.3) is 0 Å². The number of sulfone groups is 1. The van der Waals surface area contributed by atoms with Gasteiger partial charge >= 0.3 is 0 Å². The normalized spacial score (nSPS) is 27.4. The Balaban J connectivity index is 1.63. The van der Waals surface area contributed by atoms with Crippen LogP contribution in [0.3, 0.4) is 0 Å². The van der Waals surface area contributed by atoms with Crippen molar-refractivity contribution in [1.29, 1.82) is 0 Å². The summed E-state index contributed by atoms with van der Waals surface area (Å²) in [7, 11) is -6.96. The summed E-state index contributed by atoms with van der Waals surface area (Å²) in [6, 6.07) is 11.4. The molecule has 1 aromatic heterocycles. The van der Waals surface area contributed by atoms with Crippen molar-refractivity contribution < 1.29 is 16.8 Å². The molecule has 0 unspecified atom stereocenters. The molecule has 8 heteroatoms. The van der Waals surface area contributed by atoms with E-state index in [9.17, 15) is 16.8 Å². The number of fused-ring (bicyclic) bond motifs is 2. The fourth-order valence-electron chi connectivity index (χ4n) is 4.05. The molecule has 4 rings (SSSR count). The van der Waals surface area contributed by atoms with Crippen LogP contribution in [0, 0.1) is 0 Å². The SMILES string of the molecule is O=S(=O)(c1ccccc1)C1C[C@H]2CC[C@H](C1)N2S(=O)(=O)c1cccs1. The molecule has 3 heterocycles. The van der Waals surface area contributed by atoms with Crippen LogP contribution in [0.15, 0.2) is 56.9 Å². The average molecular weight is 398 g/mol. The molecule has 2 fully saturated rings. The molecule has 0 aliphatic carbocycles. The molecule has 0 saturated carbocycles. The van der Waals surface area contributed by atoms with Gasteiger partial charge in [-0.05, 0) is 49.3 Å². The molecular formula is C17H19NO4S3. The molecular weight excluding hydrogens is 378 g/mol. The monoisotopic (exact) mass is 397 g/mol. The minimum Gasteiger partial charge on any atom is -0.223 e. The highest BCUT2D eigenvalue weighted by Crippen LogP contribution is 2.43. The highest BCUT2D eigenvalue weighted by molar-refractivity contribution is 7.92. The molecule has 2 aliphatic heterocycles. The summed E-state index contributed by atoms with van der Waals surface area (Å²) in [5, 5.41) is 1.24. The second-order valence-electron chi connectivity index (χ2n) is 6.60. The first-order valence-corrected chi connectivity index (χ1v) is 12.1. The van der Waals surface area contributed by atoms with Crippen molar-refractivity contribution >= 4 is 31.2 Å². The lowest BCUT2D eigenvalue weighted by atomic mass is 10.1. The van der Waals surface area contributed by atoms with Gasteiger partial charge in [-0.2, -0.15) is 4.31 Å². The van der Waals surface area contributed by atoms with Crippen LogP contribution >= 0.6 is 11.3 Å². The van der Waals surface area contributed by atoms with Gasteiger partial charge in [0.1, 0.15) is 4.21 Å². The van der Waals surface area contributed by atoms with Crippen molar-refractivity contribution in [3.05, 3.63) is 47.8 Å². The third-order valence-corrected chi connectivity index (χ3v) is 10.7. The maximum absolute atomic E-state index is 12.9. The molecule has 5 nitrogen and oxygen atoms in total. The molecule has 25 heavy (non-hydrogen) atoms. The zero-order valence-electron chi connectivity index (χ0n) is 13.5. The summed E-state index contributed by atoms with van der Waals surface area (Å²) in [5.74, 6) is 0. The van der Waals surface area contributed by atoms with Gasteiger partial charge in [0.2, 0.25) is 0 Å². The second kappa shape index (κ2) is 6.19. The quantitative estimate of drug-likeness (QED) is 0.795. The molecule has 0 spiro atoms. The minimum atomic E-state index is -3.53. The molecule has 1 aromatic carbocycles. The first kappa shape index (κ1) is 17.2. The smallest absolute Gasteiger partial charge is 0.223 e. The summed E-state index contributed by atoms with van der Waals surface area (Å²) < 4.78 is 53.6. The van der Waals surface area contributed by atoms with Crippen LogP contribution in [0.4, 0.5) is 0 Å². The van der Waals surface area contributed by atoms with Crippen molar-refractivity contribution in [2.45, 2.75) is 52.1 Å². The Labute approximate surface area is 152 Å². The summed E-state index contributed by atoms with van der Waals surface area (Å²) in [6.07, 6.45) is 2.21. The van der Waals surface area contributed by atoms with E-state index in [-0.39, 0.29) is 12.1 Å².